The van der Waals surface area contributed by atoms with Crippen LogP contribution in [0.5, 0.6) is 0 Å². The average Bonchev–Trinajstić information content (AvgIpc) is 2.87. The fourth-order valence-electron chi connectivity index (χ4n) is 1.96. The number of nitrogens with two attached hydrogens (primary N) is 1. The number of rotatable bonds is 2. The largest absolute Gasteiger partial charge is 0.460 e. The van der Waals surface area contributed by atoms with E-state index in [0.29, 0.717) is 6.54 Å². The molecule has 2 aromatic heterocycles. The second-order valence-electron chi connectivity index (χ2n) is 3.87. The van der Waals surface area contributed by atoms with E-state index in [1.54, 1.807) is 6.20 Å². The van der Waals surface area contributed by atoms with Crippen molar-refractivity contribution in [1.82, 2.24) is 4.98 Å². The first-order valence-electron chi connectivity index (χ1n) is 5.50. The molecule has 3 aromatic rings. The molecule has 0 atom stereocenters. The molecule has 0 saturated heterocycles. The number of pyridine rings is 1. The molecule has 1 aromatic carbocycles. The summed E-state index contributed by atoms with van der Waals surface area (Å²) in [7, 11) is 0. The number of hydrogen-bond donors (Lipinski definition) is 1. The van der Waals surface area contributed by atoms with Gasteiger partial charge in [0.2, 0.25) is 0 Å². The molecular formula is C14H12N2O. The number of nitrogens with zero attached hydrogens (tertiary/aromatic N) is 1. The summed E-state index contributed by atoms with van der Waals surface area (Å²) in [6, 6.07) is 12.0. The molecule has 2 N–H and O–H groups in total. The molecule has 0 aliphatic heterocycles. The lowest BCUT2D eigenvalue weighted by molar-refractivity contribution is 0.526. The van der Waals surface area contributed by atoms with Crippen LogP contribution in [0.4, 0.5) is 0 Å². The minimum absolute atomic E-state index is 0.420. The third-order valence-electron chi connectivity index (χ3n) is 2.81. The molecule has 0 spiro atoms. The van der Waals surface area contributed by atoms with Crippen molar-refractivity contribution in [3.63, 3.8) is 0 Å². The zero-order valence-electron chi connectivity index (χ0n) is 9.26. The van der Waals surface area contributed by atoms with Crippen molar-refractivity contribution in [3.8, 4) is 11.3 Å². The Morgan fingerprint density at radius 3 is 2.88 bits per heavy atom. The van der Waals surface area contributed by atoms with Gasteiger partial charge in [0, 0.05) is 23.3 Å². The molecule has 0 bridgehead atoms. The number of furan rings is 1. The summed E-state index contributed by atoms with van der Waals surface area (Å²) in [5, 5.41) is 2.25. The first kappa shape index (κ1) is 10.1. The maximum absolute atomic E-state index is 5.67. The van der Waals surface area contributed by atoms with Crippen LogP contribution >= 0.6 is 0 Å². The molecule has 17 heavy (non-hydrogen) atoms. The van der Waals surface area contributed by atoms with Gasteiger partial charge in [-0.25, -0.2) is 0 Å². The quantitative estimate of drug-likeness (QED) is 0.728. The summed E-state index contributed by atoms with van der Waals surface area (Å²) in [6.45, 7) is 0.420. The lowest BCUT2D eigenvalue weighted by Gasteiger charge is -2.02. The van der Waals surface area contributed by atoms with Crippen LogP contribution in [0.2, 0.25) is 0 Å². The van der Waals surface area contributed by atoms with Gasteiger partial charge in [0.25, 0.3) is 0 Å². The molecular weight excluding hydrogens is 212 g/mol. The molecule has 84 valence electrons. The summed E-state index contributed by atoms with van der Waals surface area (Å²) < 4.78 is 5.67. The smallest absolute Gasteiger partial charge is 0.135 e. The standard InChI is InChI=1S/C14H12N2O/c15-8-11-4-5-14(17-11)12-3-1-2-10-6-7-16-9-13(10)12/h1-7,9H,8,15H2. The topological polar surface area (TPSA) is 52.0 Å². The summed E-state index contributed by atoms with van der Waals surface area (Å²) in [5.74, 6) is 1.63. The van der Waals surface area contributed by atoms with Crippen LogP contribution in [0.15, 0.2) is 53.2 Å². The van der Waals surface area contributed by atoms with Gasteiger partial charge >= 0.3 is 0 Å². The maximum Gasteiger partial charge on any atom is 0.135 e. The molecule has 3 heteroatoms. The van der Waals surface area contributed by atoms with Gasteiger partial charge in [-0.2, -0.15) is 0 Å². The van der Waals surface area contributed by atoms with Crippen molar-refractivity contribution in [1.29, 1.82) is 0 Å². The highest BCUT2D eigenvalue weighted by Crippen LogP contribution is 2.29. The van der Waals surface area contributed by atoms with E-state index < -0.39 is 0 Å². The van der Waals surface area contributed by atoms with Crippen LogP contribution in [0.3, 0.4) is 0 Å². The molecule has 3 rings (SSSR count). The molecule has 0 aliphatic carbocycles. The van der Waals surface area contributed by atoms with Crippen molar-refractivity contribution in [3.05, 3.63) is 54.6 Å². The van der Waals surface area contributed by atoms with Crippen molar-refractivity contribution in [2.24, 2.45) is 5.73 Å². The molecule has 0 radical (unpaired) electrons. The van der Waals surface area contributed by atoms with Gasteiger partial charge in [-0.1, -0.05) is 18.2 Å². The second kappa shape index (κ2) is 4.03. The van der Waals surface area contributed by atoms with Crippen molar-refractivity contribution < 1.29 is 4.42 Å². The number of hydrogen-bond acceptors (Lipinski definition) is 3. The van der Waals surface area contributed by atoms with E-state index in [4.69, 9.17) is 10.2 Å². The summed E-state index contributed by atoms with van der Waals surface area (Å²) in [4.78, 5) is 4.16. The van der Waals surface area contributed by atoms with Crippen LogP contribution in [0, 0.1) is 0 Å². The molecule has 0 unspecified atom stereocenters. The second-order valence-corrected chi connectivity index (χ2v) is 3.87. The van der Waals surface area contributed by atoms with Gasteiger partial charge in [-0.15, -0.1) is 0 Å². The average molecular weight is 224 g/mol. The third kappa shape index (κ3) is 1.70. The monoisotopic (exact) mass is 224 g/mol. The van der Waals surface area contributed by atoms with Gasteiger partial charge in [-0.05, 0) is 23.6 Å². The Morgan fingerprint density at radius 2 is 2.06 bits per heavy atom. The SMILES string of the molecule is NCc1ccc(-c2cccc3ccncc23)o1. The Labute approximate surface area is 98.9 Å². The van der Waals surface area contributed by atoms with Crippen LogP contribution in [0.25, 0.3) is 22.1 Å². The van der Waals surface area contributed by atoms with E-state index in [9.17, 15) is 0 Å². The van der Waals surface area contributed by atoms with Crippen LogP contribution < -0.4 is 5.73 Å². The van der Waals surface area contributed by atoms with E-state index in [1.807, 2.05) is 36.5 Å². The van der Waals surface area contributed by atoms with E-state index >= 15 is 0 Å². The lowest BCUT2D eigenvalue weighted by atomic mass is 10.1. The first-order chi connectivity index (χ1) is 8.38. The molecule has 3 nitrogen and oxygen atoms in total. The van der Waals surface area contributed by atoms with Gasteiger partial charge in [0.05, 0.1) is 6.54 Å². The molecule has 0 aliphatic rings. The van der Waals surface area contributed by atoms with Crippen LogP contribution in [-0.2, 0) is 6.54 Å². The van der Waals surface area contributed by atoms with Gasteiger partial charge in [0.1, 0.15) is 11.5 Å². The highest BCUT2D eigenvalue weighted by atomic mass is 16.3. The molecule has 2 heterocycles. The number of aromatic nitrogens is 1. The van der Waals surface area contributed by atoms with E-state index in [0.717, 1.165) is 27.9 Å². The van der Waals surface area contributed by atoms with Crippen molar-refractivity contribution in [2.75, 3.05) is 0 Å². The minimum atomic E-state index is 0.420. The predicted molar refractivity (Wildman–Crippen MR) is 67.3 cm³/mol. The number of fused-ring (bicyclic) bond motifs is 1. The van der Waals surface area contributed by atoms with Gasteiger partial charge in [-0.3, -0.25) is 4.98 Å². The summed E-state index contributed by atoms with van der Waals surface area (Å²) >= 11 is 0. The fraction of sp³-hybridized carbons (Fsp3) is 0.0714. The van der Waals surface area contributed by atoms with E-state index in [2.05, 4.69) is 11.1 Å². The Kier molecular flexibility index (Phi) is 2.38. The van der Waals surface area contributed by atoms with E-state index in [1.165, 1.54) is 0 Å². The van der Waals surface area contributed by atoms with Gasteiger partial charge < -0.3 is 10.2 Å². The third-order valence-corrected chi connectivity index (χ3v) is 2.81. The zero-order chi connectivity index (χ0) is 11.7. The summed E-state index contributed by atoms with van der Waals surface area (Å²) in [6.07, 6.45) is 3.65. The zero-order valence-corrected chi connectivity index (χ0v) is 9.26. The van der Waals surface area contributed by atoms with Crippen molar-refractivity contribution in [2.45, 2.75) is 6.54 Å². The normalized spacial score (nSPS) is 10.9. The van der Waals surface area contributed by atoms with Crippen LogP contribution in [-0.4, -0.2) is 4.98 Å². The lowest BCUT2D eigenvalue weighted by Crippen LogP contribution is -1.92. The van der Waals surface area contributed by atoms with E-state index in [-0.39, 0.29) is 0 Å². The predicted octanol–water partition coefficient (Wildman–Crippen LogP) is 2.95. The van der Waals surface area contributed by atoms with Gasteiger partial charge in [0.15, 0.2) is 0 Å². The minimum Gasteiger partial charge on any atom is -0.460 e. The highest BCUT2D eigenvalue weighted by Gasteiger charge is 2.07. The first-order valence-corrected chi connectivity index (χ1v) is 5.50. The number of benzene rings is 1. The Hall–Kier alpha value is -2.13. The summed E-state index contributed by atoms with van der Waals surface area (Å²) in [5.41, 5.74) is 6.60. The Bertz CT molecular complexity index is 653. The Morgan fingerprint density at radius 1 is 1.12 bits per heavy atom. The molecule has 0 saturated carbocycles. The highest BCUT2D eigenvalue weighted by molar-refractivity contribution is 5.94. The molecule has 0 amide bonds. The molecule has 0 fully saturated rings. The van der Waals surface area contributed by atoms with Crippen LogP contribution in [0.1, 0.15) is 5.76 Å². The fourth-order valence-corrected chi connectivity index (χ4v) is 1.96. The Balaban J connectivity index is 2.23. The maximum atomic E-state index is 5.67. The van der Waals surface area contributed by atoms with Crippen molar-refractivity contribution >= 4 is 10.8 Å².